The number of rotatable bonds is 15. The van der Waals surface area contributed by atoms with Gasteiger partial charge in [-0.2, -0.15) is 0 Å². The molecule has 4 N–H and O–H groups in total. The van der Waals surface area contributed by atoms with E-state index in [0.29, 0.717) is 5.30 Å². The smallest absolute Gasteiger partial charge is 0.339 e. The molecule has 0 spiro atoms. The van der Waals surface area contributed by atoms with Gasteiger partial charge >= 0.3 is 11.9 Å². The fourth-order valence-corrected chi connectivity index (χ4v) is 10.9. The molecule has 0 aromatic heterocycles. The lowest BCUT2D eigenvalue weighted by atomic mass is 10.0. The zero-order chi connectivity index (χ0) is 37.9. The van der Waals surface area contributed by atoms with Gasteiger partial charge in [0.05, 0.1) is 17.7 Å². The summed E-state index contributed by atoms with van der Waals surface area (Å²) >= 11 is 0. The lowest BCUT2D eigenvalue weighted by Gasteiger charge is -2.29. The summed E-state index contributed by atoms with van der Waals surface area (Å²) in [6.07, 6.45) is -7.23. The number of aliphatic hydroxyl groups is 4. The number of carbonyl (C=O) groups excluding carboxylic acids is 2. The second-order valence-electron chi connectivity index (χ2n) is 12.3. The molecule has 6 aromatic carbocycles. The van der Waals surface area contributed by atoms with E-state index in [-0.39, 0.29) is 11.1 Å². The number of ether oxygens (including phenoxy) is 2. The van der Waals surface area contributed by atoms with Crippen molar-refractivity contribution >= 4 is 59.6 Å². The second-order valence-corrected chi connectivity index (χ2v) is 16.7. The minimum absolute atomic E-state index is 0.221. The summed E-state index contributed by atoms with van der Waals surface area (Å²) in [6, 6.07) is 53.4. The van der Waals surface area contributed by atoms with Gasteiger partial charge < -0.3 is 29.9 Å². The van der Waals surface area contributed by atoms with E-state index >= 15 is 0 Å². The van der Waals surface area contributed by atoms with Crippen LogP contribution in [0.15, 0.2) is 170 Å². The molecule has 0 bridgehead atoms. The van der Waals surface area contributed by atoms with Crippen LogP contribution in [0.25, 0.3) is 0 Å². The molecule has 54 heavy (non-hydrogen) atoms. The Morgan fingerprint density at radius 3 is 1.22 bits per heavy atom. The van der Waals surface area contributed by atoms with E-state index in [1.807, 2.05) is 146 Å². The van der Waals surface area contributed by atoms with Crippen LogP contribution < -0.4 is 31.8 Å². The molecule has 10 heteroatoms. The highest BCUT2D eigenvalue weighted by molar-refractivity contribution is 7.80. The zero-order valence-corrected chi connectivity index (χ0v) is 31.0. The Morgan fingerprint density at radius 1 is 0.481 bits per heavy atom. The van der Waals surface area contributed by atoms with Gasteiger partial charge in [0.2, 0.25) is 0 Å². The molecular formula is C44H40O8P2. The molecule has 0 aliphatic carbocycles. The lowest BCUT2D eigenvalue weighted by Crippen LogP contribution is -2.49. The van der Waals surface area contributed by atoms with Gasteiger partial charge in [-0.3, -0.25) is 0 Å². The predicted octanol–water partition coefficient (Wildman–Crippen LogP) is 3.66. The highest BCUT2D eigenvalue weighted by Crippen LogP contribution is 2.35. The molecule has 6 rings (SSSR count). The predicted molar refractivity (Wildman–Crippen MR) is 215 cm³/mol. The molecule has 0 aliphatic heterocycles. The van der Waals surface area contributed by atoms with E-state index in [1.165, 1.54) is 0 Å². The van der Waals surface area contributed by atoms with Crippen LogP contribution in [0.3, 0.4) is 0 Å². The first kappa shape index (κ1) is 38.7. The molecule has 0 saturated carbocycles. The normalized spacial score (nSPS) is 13.5. The molecule has 4 atom stereocenters. The van der Waals surface area contributed by atoms with Crippen LogP contribution in [0, 0.1) is 0 Å². The summed E-state index contributed by atoms with van der Waals surface area (Å²) in [6.45, 7) is -1.52. The first-order chi connectivity index (χ1) is 26.4. The average molecular weight is 759 g/mol. The van der Waals surface area contributed by atoms with Crippen molar-refractivity contribution in [2.75, 3.05) is 13.2 Å². The Labute approximate surface area is 316 Å². The monoisotopic (exact) mass is 758 g/mol. The van der Waals surface area contributed by atoms with Crippen molar-refractivity contribution in [1.29, 1.82) is 0 Å². The summed E-state index contributed by atoms with van der Waals surface area (Å²) in [5.41, 5.74) is 0.507. The summed E-state index contributed by atoms with van der Waals surface area (Å²) in [5, 5.41) is 47.2. The van der Waals surface area contributed by atoms with E-state index in [9.17, 15) is 30.0 Å². The third-order valence-corrected chi connectivity index (χ3v) is 13.7. The Kier molecular flexibility index (Phi) is 13.5. The fourth-order valence-electron chi connectivity index (χ4n) is 6.04. The Balaban J connectivity index is 1.31. The highest BCUT2D eigenvalue weighted by atomic mass is 31.1. The van der Waals surface area contributed by atoms with Crippen molar-refractivity contribution in [3.05, 3.63) is 181 Å². The Morgan fingerprint density at radius 2 is 0.833 bits per heavy atom. The Hall–Kier alpha value is -5.04. The average Bonchev–Trinajstić information content (AvgIpc) is 3.23. The van der Waals surface area contributed by atoms with Crippen molar-refractivity contribution in [3.8, 4) is 0 Å². The molecule has 0 aliphatic rings. The highest BCUT2D eigenvalue weighted by Gasteiger charge is 2.36. The van der Waals surface area contributed by atoms with Crippen LogP contribution in [0.1, 0.15) is 20.7 Å². The summed E-state index contributed by atoms with van der Waals surface area (Å²) in [5.74, 6) is -1.56. The maximum absolute atomic E-state index is 14.1. The molecular weight excluding hydrogens is 718 g/mol. The van der Waals surface area contributed by atoms with Crippen molar-refractivity contribution in [1.82, 2.24) is 0 Å². The largest absolute Gasteiger partial charge is 0.458 e. The SMILES string of the molecule is O=C(OC[C@@H](OC(=O)c1ccccc1P(c1ccccc1)c1ccccc1)[C@@H](O)[C@H](O)[C@H](O)CO)c1ccccc1P(c1ccccc1)c1ccccc1. The minimum atomic E-state index is -1.93. The fraction of sp³-hybridized carbons (Fsp3) is 0.136. The summed E-state index contributed by atoms with van der Waals surface area (Å²) in [7, 11) is -2.42. The van der Waals surface area contributed by atoms with Crippen molar-refractivity contribution in [2.24, 2.45) is 0 Å². The number of aliphatic hydroxyl groups excluding tert-OH is 4. The standard InChI is InChI=1S/C44H40O8P2/c45-29-37(46)41(47)42(48)38(52-44(50)36-26-14-16-28-40(36)54(33-21-9-3-10-22-33)34-23-11-4-12-24-34)30-51-43(49)35-25-13-15-27-39(35)53(31-17-5-1-6-18-31)32-19-7-2-8-20-32/h1-28,37-38,41-42,45-48H,29-30H2/t37-,38-,41-,42-/m1/s1. The number of hydrogen-bond acceptors (Lipinski definition) is 8. The minimum Gasteiger partial charge on any atom is -0.458 e. The number of benzene rings is 6. The molecule has 274 valence electrons. The lowest BCUT2D eigenvalue weighted by molar-refractivity contribution is -0.127. The van der Waals surface area contributed by atoms with Gasteiger partial charge in [-0.25, -0.2) is 9.59 Å². The van der Waals surface area contributed by atoms with Gasteiger partial charge in [0.1, 0.15) is 24.9 Å². The van der Waals surface area contributed by atoms with Gasteiger partial charge in [0.25, 0.3) is 0 Å². The van der Waals surface area contributed by atoms with Crippen molar-refractivity contribution in [3.63, 3.8) is 0 Å². The molecule has 0 radical (unpaired) electrons. The van der Waals surface area contributed by atoms with Gasteiger partial charge in [0, 0.05) is 0 Å². The zero-order valence-electron chi connectivity index (χ0n) is 29.2. The maximum Gasteiger partial charge on any atom is 0.339 e. The molecule has 0 heterocycles. The van der Waals surface area contributed by atoms with E-state index in [4.69, 9.17) is 9.47 Å². The molecule has 0 unspecified atom stereocenters. The number of carbonyl (C=O) groups is 2. The van der Waals surface area contributed by atoms with Crippen LogP contribution >= 0.6 is 15.8 Å². The van der Waals surface area contributed by atoms with E-state index < -0.39 is 65.4 Å². The van der Waals surface area contributed by atoms with Crippen LogP contribution in [-0.4, -0.2) is 70.0 Å². The quantitative estimate of drug-likeness (QED) is 0.0923. The van der Waals surface area contributed by atoms with Crippen molar-refractivity contribution < 1.29 is 39.5 Å². The third-order valence-electron chi connectivity index (χ3n) is 8.74. The second kappa shape index (κ2) is 18.8. The van der Waals surface area contributed by atoms with Crippen LogP contribution in [0.2, 0.25) is 0 Å². The number of esters is 2. The van der Waals surface area contributed by atoms with Crippen LogP contribution in [-0.2, 0) is 9.47 Å². The third kappa shape index (κ3) is 9.18. The molecule has 0 fully saturated rings. The van der Waals surface area contributed by atoms with Crippen LogP contribution in [0.5, 0.6) is 0 Å². The first-order valence-corrected chi connectivity index (χ1v) is 20.1. The summed E-state index contributed by atoms with van der Waals surface area (Å²) < 4.78 is 11.6. The van der Waals surface area contributed by atoms with Gasteiger partial charge in [0.15, 0.2) is 6.10 Å². The van der Waals surface area contributed by atoms with E-state index in [0.717, 1.165) is 26.5 Å². The van der Waals surface area contributed by atoms with Gasteiger partial charge in [-0.15, -0.1) is 0 Å². The van der Waals surface area contributed by atoms with E-state index in [1.54, 1.807) is 24.3 Å². The Bertz CT molecular complexity index is 2020. The first-order valence-electron chi connectivity index (χ1n) is 17.4. The van der Waals surface area contributed by atoms with Gasteiger partial charge in [-0.1, -0.05) is 158 Å². The van der Waals surface area contributed by atoms with Crippen molar-refractivity contribution in [2.45, 2.75) is 24.4 Å². The number of hydrogen-bond donors (Lipinski definition) is 4. The van der Waals surface area contributed by atoms with E-state index in [2.05, 4.69) is 0 Å². The molecule has 0 saturated heterocycles. The maximum atomic E-state index is 14.1. The molecule has 6 aromatic rings. The van der Waals surface area contributed by atoms with Crippen LogP contribution in [0.4, 0.5) is 0 Å². The topological polar surface area (TPSA) is 134 Å². The van der Waals surface area contributed by atoms with Gasteiger partial charge in [-0.05, 0) is 59.8 Å². The summed E-state index contributed by atoms with van der Waals surface area (Å²) in [4.78, 5) is 28.1. The molecule has 0 amide bonds. The molecule has 8 nitrogen and oxygen atoms in total.